The summed E-state index contributed by atoms with van der Waals surface area (Å²) in [4.78, 5) is 25.8. The Labute approximate surface area is 132 Å². The summed E-state index contributed by atoms with van der Waals surface area (Å²) in [7, 11) is 0. The number of thioether (sulfide) groups is 1. The minimum atomic E-state index is -0.669. The lowest BCUT2D eigenvalue weighted by Crippen LogP contribution is -2.58. The topological polar surface area (TPSA) is 72.6 Å². The van der Waals surface area contributed by atoms with Gasteiger partial charge in [-0.1, -0.05) is 13.8 Å². The van der Waals surface area contributed by atoms with Crippen LogP contribution >= 0.6 is 11.8 Å². The molecule has 0 aromatic carbocycles. The predicted octanol–water partition coefficient (Wildman–Crippen LogP) is 2.48. The zero-order chi connectivity index (χ0) is 16.4. The molecule has 0 bridgehead atoms. The second kappa shape index (κ2) is 6.90. The number of carbonyl (C=O) groups excluding carboxylic acids is 2. The fourth-order valence-corrected chi connectivity index (χ4v) is 4.01. The fourth-order valence-electron chi connectivity index (χ4n) is 2.74. The SMILES string of the molecule is CC1CSCC(C)C1N(C(=O)OC(C)(C)C)[C@H](C)C(N)=O. The summed E-state index contributed by atoms with van der Waals surface area (Å²) in [5.41, 5.74) is 4.85. The number of rotatable bonds is 3. The van der Waals surface area contributed by atoms with Crippen LogP contribution in [0.1, 0.15) is 41.5 Å². The van der Waals surface area contributed by atoms with Gasteiger partial charge in [0.1, 0.15) is 11.6 Å². The van der Waals surface area contributed by atoms with Crippen LogP contribution in [-0.4, -0.2) is 46.1 Å². The quantitative estimate of drug-likeness (QED) is 0.868. The number of hydrogen-bond acceptors (Lipinski definition) is 4. The van der Waals surface area contributed by atoms with Crippen LogP contribution in [-0.2, 0) is 9.53 Å². The maximum Gasteiger partial charge on any atom is 0.411 e. The lowest BCUT2D eigenvalue weighted by Gasteiger charge is -2.44. The van der Waals surface area contributed by atoms with Crippen LogP contribution in [0.25, 0.3) is 0 Å². The van der Waals surface area contributed by atoms with Gasteiger partial charge in [-0.05, 0) is 51.0 Å². The largest absolute Gasteiger partial charge is 0.444 e. The molecule has 5 nitrogen and oxygen atoms in total. The molecule has 2 N–H and O–H groups in total. The third-order valence-corrected chi connectivity index (χ3v) is 5.21. The van der Waals surface area contributed by atoms with Crippen LogP contribution in [0.4, 0.5) is 4.79 Å². The molecule has 21 heavy (non-hydrogen) atoms. The maximum atomic E-state index is 12.6. The molecule has 0 radical (unpaired) electrons. The molecule has 1 aliphatic heterocycles. The van der Waals surface area contributed by atoms with Crippen molar-refractivity contribution in [3.05, 3.63) is 0 Å². The minimum Gasteiger partial charge on any atom is -0.444 e. The van der Waals surface area contributed by atoms with E-state index < -0.39 is 23.6 Å². The highest BCUT2D eigenvalue weighted by Crippen LogP contribution is 2.33. The average molecular weight is 316 g/mol. The Balaban J connectivity index is 3.06. The standard InChI is InChI=1S/C15H28N2O3S/c1-9-7-21-8-10(2)12(9)17(11(3)13(16)18)14(19)20-15(4,5)6/h9-12H,7-8H2,1-6H3,(H2,16,18)/t9?,10?,11-,12?/m1/s1. The lowest BCUT2D eigenvalue weighted by atomic mass is 9.90. The van der Waals surface area contributed by atoms with E-state index >= 15 is 0 Å². The molecule has 0 spiro atoms. The first-order valence-corrected chi connectivity index (χ1v) is 8.58. The summed E-state index contributed by atoms with van der Waals surface area (Å²) in [6.07, 6.45) is -0.454. The van der Waals surface area contributed by atoms with Crippen molar-refractivity contribution in [3.63, 3.8) is 0 Å². The van der Waals surface area contributed by atoms with Gasteiger partial charge >= 0.3 is 6.09 Å². The van der Waals surface area contributed by atoms with Gasteiger partial charge in [-0.15, -0.1) is 0 Å². The van der Waals surface area contributed by atoms with Crippen LogP contribution in [0.5, 0.6) is 0 Å². The van der Waals surface area contributed by atoms with E-state index in [9.17, 15) is 9.59 Å². The van der Waals surface area contributed by atoms with Gasteiger partial charge in [-0.25, -0.2) is 4.79 Å². The molecular weight excluding hydrogens is 288 g/mol. The zero-order valence-electron chi connectivity index (χ0n) is 13.9. The highest BCUT2D eigenvalue weighted by atomic mass is 32.2. The van der Waals surface area contributed by atoms with Gasteiger partial charge in [0.05, 0.1) is 0 Å². The molecule has 0 aromatic rings. The minimum absolute atomic E-state index is 0.0244. The molecular formula is C15H28N2O3S. The molecule has 1 fully saturated rings. The van der Waals surface area contributed by atoms with Gasteiger partial charge in [0.25, 0.3) is 0 Å². The molecule has 0 aliphatic carbocycles. The summed E-state index contributed by atoms with van der Waals surface area (Å²) < 4.78 is 5.49. The van der Waals surface area contributed by atoms with Gasteiger partial charge in [0.15, 0.2) is 0 Å². The number of amides is 2. The first-order chi connectivity index (χ1) is 9.54. The monoisotopic (exact) mass is 316 g/mol. The van der Waals surface area contributed by atoms with Crippen molar-refractivity contribution in [2.24, 2.45) is 17.6 Å². The number of hydrogen-bond donors (Lipinski definition) is 1. The first-order valence-electron chi connectivity index (χ1n) is 7.43. The molecule has 2 amide bonds. The van der Waals surface area contributed by atoms with Crippen LogP contribution < -0.4 is 5.73 Å². The van der Waals surface area contributed by atoms with Crippen molar-refractivity contribution in [2.75, 3.05) is 11.5 Å². The number of nitrogens with two attached hydrogens (primary N) is 1. The van der Waals surface area contributed by atoms with E-state index in [2.05, 4.69) is 13.8 Å². The van der Waals surface area contributed by atoms with Gasteiger partial charge in [0.2, 0.25) is 5.91 Å². The molecule has 6 heteroatoms. The van der Waals surface area contributed by atoms with Crippen molar-refractivity contribution in [1.82, 2.24) is 4.90 Å². The van der Waals surface area contributed by atoms with Crippen molar-refractivity contribution in [2.45, 2.75) is 59.2 Å². The molecule has 2 unspecified atom stereocenters. The second-order valence-electron chi connectivity index (χ2n) is 6.95. The van der Waals surface area contributed by atoms with E-state index in [-0.39, 0.29) is 6.04 Å². The fraction of sp³-hybridized carbons (Fsp3) is 0.867. The summed E-state index contributed by atoms with van der Waals surface area (Å²) in [5.74, 6) is 2.04. The Kier molecular flexibility index (Phi) is 5.96. The lowest BCUT2D eigenvalue weighted by molar-refractivity contribution is -0.124. The summed E-state index contributed by atoms with van der Waals surface area (Å²) in [6.45, 7) is 11.4. The first kappa shape index (κ1) is 18.1. The van der Waals surface area contributed by atoms with E-state index in [1.807, 2.05) is 32.5 Å². The van der Waals surface area contributed by atoms with Crippen molar-refractivity contribution >= 4 is 23.8 Å². The number of carbonyl (C=O) groups is 2. The van der Waals surface area contributed by atoms with Gasteiger partial charge in [-0.2, -0.15) is 11.8 Å². The van der Waals surface area contributed by atoms with Gasteiger partial charge in [0, 0.05) is 6.04 Å². The van der Waals surface area contributed by atoms with Crippen LogP contribution in [0.2, 0.25) is 0 Å². The molecule has 0 aromatic heterocycles. The van der Waals surface area contributed by atoms with Crippen molar-refractivity contribution in [1.29, 1.82) is 0 Å². The Morgan fingerprint density at radius 2 is 1.71 bits per heavy atom. The number of ether oxygens (including phenoxy) is 1. The van der Waals surface area contributed by atoms with Crippen molar-refractivity contribution in [3.8, 4) is 0 Å². The van der Waals surface area contributed by atoms with E-state index in [1.54, 1.807) is 11.8 Å². The Bertz CT molecular complexity index is 385. The molecule has 3 atom stereocenters. The number of primary amides is 1. The van der Waals surface area contributed by atoms with Crippen LogP contribution in [0.3, 0.4) is 0 Å². The maximum absolute atomic E-state index is 12.6. The zero-order valence-corrected chi connectivity index (χ0v) is 14.7. The summed E-state index contributed by atoms with van der Waals surface area (Å²) >= 11 is 1.88. The molecule has 1 saturated heterocycles. The Hall–Kier alpha value is -0.910. The average Bonchev–Trinajstić information content (AvgIpc) is 2.30. The normalized spacial score (nSPS) is 27.8. The third kappa shape index (κ3) is 4.80. The van der Waals surface area contributed by atoms with Gasteiger partial charge < -0.3 is 10.5 Å². The van der Waals surface area contributed by atoms with E-state index in [0.717, 1.165) is 11.5 Å². The molecule has 1 rings (SSSR count). The molecule has 1 aliphatic rings. The van der Waals surface area contributed by atoms with Crippen LogP contribution in [0.15, 0.2) is 0 Å². The molecule has 122 valence electrons. The van der Waals surface area contributed by atoms with Gasteiger partial charge in [-0.3, -0.25) is 9.69 Å². The highest BCUT2D eigenvalue weighted by molar-refractivity contribution is 7.99. The molecule has 1 heterocycles. The smallest absolute Gasteiger partial charge is 0.411 e. The Morgan fingerprint density at radius 3 is 2.10 bits per heavy atom. The predicted molar refractivity (Wildman–Crippen MR) is 86.2 cm³/mol. The highest BCUT2D eigenvalue weighted by Gasteiger charge is 2.41. The number of nitrogens with zero attached hydrogens (tertiary/aromatic N) is 1. The summed E-state index contributed by atoms with van der Waals surface area (Å²) in [5, 5.41) is 0. The van der Waals surface area contributed by atoms with E-state index in [4.69, 9.17) is 10.5 Å². The Morgan fingerprint density at radius 1 is 1.24 bits per heavy atom. The van der Waals surface area contributed by atoms with E-state index in [0.29, 0.717) is 11.8 Å². The van der Waals surface area contributed by atoms with Crippen molar-refractivity contribution < 1.29 is 14.3 Å². The summed E-state index contributed by atoms with van der Waals surface area (Å²) in [6, 6.07) is -0.693. The van der Waals surface area contributed by atoms with E-state index in [1.165, 1.54) is 0 Å². The third-order valence-electron chi connectivity index (χ3n) is 3.68. The second-order valence-corrected chi connectivity index (χ2v) is 8.02. The van der Waals surface area contributed by atoms with Crippen LogP contribution in [0, 0.1) is 11.8 Å². The molecule has 0 saturated carbocycles.